The number of anilines is 11. The summed E-state index contributed by atoms with van der Waals surface area (Å²) in [5.74, 6) is 11.3. The van der Waals surface area contributed by atoms with Crippen LogP contribution in [0.15, 0.2) is 36.4 Å². The van der Waals surface area contributed by atoms with Gasteiger partial charge in [-0.15, -0.1) is 0 Å². The summed E-state index contributed by atoms with van der Waals surface area (Å²) >= 11 is 0. The Kier molecular flexibility index (Phi) is 35.9. The molecule has 0 amide bonds. The summed E-state index contributed by atoms with van der Waals surface area (Å²) in [4.78, 5) is 75.7. The first-order valence-corrected chi connectivity index (χ1v) is 49.0. The number of ether oxygens (including phenoxy) is 4. The van der Waals surface area contributed by atoms with E-state index >= 15 is 0 Å². The second-order valence-corrected chi connectivity index (χ2v) is 44.6. The molecule has 1 saturated carbocycles. The van der Waals surface area contributed by atoms with Crippen molar-refractivity contribution < 1.29 is 18.9 Å². The van der Waals surface area contributed by atoms with Crippen LogP contribution in [0.2, 0.25) is 0 Å². The van der Waals surface area contributed by atoms with Gasteiger partial charge in [-0.1, -0.05) is 145 Å². The highest BCUT2D eigenvalue weighted by atomic mass is 16.5. The van der Waals surface area contributed by atoms with Crippen LogP contribution in [0, 0.1) is 0 Å². The van der Waals surface area contributed by atoms with Gasteiger partial charge >= 0.3 is 0 Å². The molecule has 15 heterocycles. The Balaban J connectivity index is 0.000000152. The molecular formula is C98H169N29O4. The van der Waals surface area contributed by atoms with Crippen LogP contribution in [0.1, 0.15) is 245 Å². The average molecular weight is 1820 g/mol. The molecule has 0 unspecified atom stereocenters. The standard InChI is InChI=1S/C19H33N5O.C18H31N5O.C17H29N5O.C16H29N5.C14H26N6.C14H21N3O/c1-18(2,3)15-11-16(20-14-12-25-13-14)22-17(21-15)23-7-9-24(10-8-23)19(4,5)6;1-13(2)22-6-8-23(9-7-22)17-20-15(18(3,4)5)10-16(21-17)19-14-11-24-12-14;1-5-21-6-8-22(9-7-21)16-19-14(17(2,3)4)10-15(20-16)18-13-11-23-12-13;1-6-7-8-21(5)15-19-13(16(2,3)4)9-14(20-15)18-12-10-17-11-12;1-14(2,3)11-7-12(17-10-8-16-9-10)19-13(18-11)20(4)6-5-15;1-14(2,3)11-6-12(15-10-7-18-8-10)17-13(16-11)9-4-5-9/h11,14H,7-10,12-13H2,1-6H3,(H,20,21,22);10,13-14H,6-9,11-12H2,1-5H3,(H,19,20,21);10,13H,5-9,11-12H2,1-4H3,(H,18,19,20);9,12,17H,6-8,10-11H2,1-5H3,(H,18,19,20);7,10,16H,5-6,8-9,15H2,1-4H3,(H,17,18,19);6,9-10H,4-5,7-8H2,1-3H3,(H,15,16,17). The Morgan fingerprint density at radius 2 is 0.672 bits per heavy atom. The molecule has 10 aliphatic rings. The smallest absolute Gasteiger partial charge is 0.227 e. The molecular weight excluding hydrogens is 1650 g/mol. The van der Waals surface area contributed by atoms with Crippen LogP contribution in [0.5, 0.6) is 0 Å². The van der Waals surface area contributed by atoms with E-state index in [1.54, 1.807) is 0 Å². The van der Waals surface area contributed by atoms with Crippen LogP contribution in [0.25, 0.3) is 0 Å². The second kappa shape index (κ2) is 45.5. The molecule has 1 aliphatic carbocycles. The van der Waals surface area contributed by atoms with Gasteiger partial charge in [-0.25, -0.2) is 34.9 Å². The number of hydrogen-bond acceptors (Lipinski definition) is 33. The van der Waals surface area contributed by atoms with E-state index in [0.29, 0.717) is 54.8 Å². The number of rotatable bonds is 25. The normalized spacial score (nSPS) is 19.0. The molecule has 9 saturated heterocycles. The predicted octanol–water partition coefficient (Wildman–Crippen LogP) is 11.8. The number of unbranched alkanes of at least 4 members (excludes halogenated alkanes) is 1. The average Bonchev–Trinajstić information content (AvgIpc) is 1.75. The molecule has 33 heteroatoms. The minimum absolute atomic E-state index is 0.00251. The van der Waals surface area contributed by atoms with Gasteiger partial charge in [-0.3, -0.25) is 9.80 Å². The van der Waals surface area contributed by atoms with Gasteiger partial charge in [0.1, 0.15) is 40.7 Å². The fourth-order valence-electron chi connectivity index (χ4n) is 15.1. The third-order valence-corrected chi connectivity index (χ3v) is 25.0. The molecule has 0 spiro atoms. The third-order valence-electron chi connectivity index (χ3n) is 25.0. The first-order valence-electron chi connectivity index (χ1n) is 49.0. The van der Waals surface area contributed by atoms with E-state index < -0.39 is 0 Å². The number of piperazine rings is 3. The molecule has 0 radical (unpaired) electrons. The van der Waals surface area contributed by atoms with Crippen molar-refractivity contribution in [1.82, 2.24) is 85.1 Å². The Morgan fingerprint density at radius 1 is 0.374 bits per heavy atom. The van der Waals surface area contributed by atoms with E-state index in [9.17, 15) is 0 Å². The molecule has 33 nitrogen and oxygen atoms in total. The zero-order valence-electron chi connectivity index (χ0n) is 85.4. The van der Waals surface area contributed by atoms with Gasteiger partial charge in [0.05, 0.1) is 123 Å². The highest BCUT2D eigenvalue weighted by molar-refractivity contribution is 5.52. The monoisotopic (exact) mass is 1820 g/mol. The summed E-state index contributed by atoms with van der Waals surface area (Å²) < 4.78 is 21.0. The number of nitrogens with one attached hydrogen (secondary N) is 8. The molecule has 0 aromatic carbocycles. The van der Waals surface area contributed by atoms with Crippen molar-refractivity contribution >= 4 is 64.6 Å². The van der Waals surface area contributed by atoms with Gasteiger partial charge in [0.15, 0.2) is 0 Å². The lowest BCUT2D eigenvalue weighted by Gasteiger charge is -2.42. The molecule has 10 fully saturated rings. The molecule has 6 aromatic heterocycles. The van der Waals surface area contributed by atoms with Crippen molar-refractivity contribution in [3.63, 3.8) is 0 Å². The summed E-state index contributed by atoms with van der Waals surface area (Å²) in [5, 5.41) is 27.4. The summed E-state index contributed by atoms with van der Waals surface area (Å²) in [7, 11) is 4.05. The summed E-state index contributed by atoms with van der Waals surface area (Å²) in [6.07, 6.45) is 4.82. The summed E-state index contributed by atoms with van der Waals surface area (Å²) in [6, 6.07) is 15.6. The van der Waals surface area contributed by atoms with Crippen molar-refractivity contribution in [2.75, 3.05) is 254 Å². The Labute approximate surface area is 786 Å². The summed E-state index contributed by atoms with van der Waals surface area (Å²) in [6.45, 7) is 81.1. The van der Waals surface area contributed by atoms with Gasteiger partial charge < -0.3 is 96.6 Å². The Hall–Kier alpha value is -8.12. The SMILES string of the molecule is CC(C)(C)c1cc(NC2COC2)nc(C2CC2)n1.CC(C)(C)c1cc(NC2COC2)nc(N2CCN(C(C)(C)C)CC2)n1.CC(C)N1CCN(c2nc(NC3COC3)cc(C(C)(C)C)n2)CC1.CCCCN(C)c1nc(NC2CNC2)cc(C(C)(C)C)n1.CCN1CCN(c2nc(NC3COC3)cc(C(C)(C)C)n2)CC1.CN(CCN)c1nc(NC2CNC2)cc(C(C)(C)C)n1. The van der Waals surface area contributed by atoms with Crippen molar-refractivity contribution in [1.29, 1.82) is 0 Å². The molecule has 730 valence electrons. The number of hydrogen-bond donors (Lipinski definition) is 9. The van der Waals surface area contributed by atoms with Gasteiger partial charge in [0, 0.05) is 225 Å². The lowest BCUT2D eigenvalue weighted by Crippen LogP contribution is -2.53. The maximum Gasteiger partial charge on any atom is 0.227 e. The minimum atomic E-state index is -0.00443. The largest absolute Gasteiger partial charge is 0.377 e. The van der Waals surface area contributed by atoms with E-state index in [1.165, 1.54) is 19.3 Å². The molecule has 6 aromatic rings. The highest BCUT2D eigenvalue weighted by Crippen LogP contribution is 2.40. The third kappa shape index (κ3) is 31.5. The Morgan fingerprint density at radius 3 is 0.947 bits per heavy atom. The first-order chi connectivity index (χ1) is 61.7. The fourth-order valence-corrected chi connectivity index (χ4v) is 15.1. The zero-order valence-corrected chi connectivity index (χ0v) is 85.4. The van der Waals surface area contributed by atoms with Crippen molar-refractivity contribution in [3.8, 4) is 0 Å². The molecule has 0 bridgehead atoms. The minimum Gasteiger partial charge on any atom is -0.377 e. The Bertz CT molecular complexity index is 4500. The first kappa shape index (κ1) is 103. The van der Waals surface area contributed by atoms with Gasteiger partial charge in [-0.05, 0) is 60.4 Å². The van der Waals surface area contributed by atoms with Gasteiger partial charge in [0.2, 0.25) is 29.7 Å². The fraction of sp³-hybridized carbons (Fsp3) is 0.755. The number of nitrogens with two attached hydrogens (primary N) is 1. The van der Waals surface area contributed by atoms with E-state index in [-0.39, 0.29) is 38.0 Å². The second-order valence-electron chi connectivity index (χ2n) is 44.6. The number of likely N-dealkylation sites (N-methyl/N-ethyl adjacent to an activating group) is 2. The number of nitrogens with zero attached hydrogens (tertiary/aromatic N) is 20. The molecule has 0 atom stereocenters. The predicted molar refractivity (Wildman–Crippen MR) is 537 cm³/mol. The highest BCUT2D eigenvalue weighted by Gasteiger charge is 2.35. The van der Waals surface area contributed by atoms with E-state index in [1.807, 2.05) is 11.9 Å². The van der Waals surface area contributed by atoms with Crippen LogP contribution in [0.4, 0.5) is 64.6 Å². The van der Waals surface area contributed by atoms with Crippen LogP contribution in [-0.2, 0) is 51.4 Å². The number of aromatic nitrogens is 12. The van der Waals surface area contributed by atoms with Crippen LogP contribution < -0.4 is 72.8 Å². The summed E-state index contributed by atoms with van der Waals surface area (Å²) in [5.41, 5.74) is 12.4. The van der Waals surface area contributed by atoms with E-state index in [4.69, 9.17) is 69.5 Å². The molecule has 9 aliphatic heterocycles. The quantitative estimate of drug-likeness (QED) is 0.0257. The van der Waals surface area contributed by atoms with Crippen molar-refractivity contribution in [2.45, 2.75) is 285 Å². The van der Waals surface area contributed by atoms with Gasteiger partial charge in [0.25, 0.3) is 0 Å². The maximum atomic E-state index is 5.62. The van der Waals surface area contributed by atoms with Crippen LogP contribution in [-0.4, -0.2) is 320 Å². The molecule has 10 N–H and O–H groups in total. The van der Waals surface area contributed by atoms with E-state index in [0.717, 1.165) is 288 Å². The molecule has 16 rings (SSSR count). The molecule has 131 heavy (non-hydrogen) atoms. The topological polar surface area (TPSA) is 340 Å². The lowest BCUT2D eigenvalue weighted by molar-refractivity contribution is 0.0209. The van der Waals surface area contributed by atoms with E-state index in [2.05, 4.69) is 308 Å². The van der Waals surface area contributed by atoms with Crippen molar-refractivity contribution in [2.24, 2.45) is 5.73 Å². The zero-order chi connectivity index (χ0) is 95.0. The van der Waals surface area contributed by atoms with Crippen molar-refractivity contribution in [3.05, 3.63) is 76.4 Å². The van der Waals surface area contributed by atoms with Gasteiger partial charge in [-0.2, -0.15) is 24.9 Å². The van der Waals surface area contributed by atoms with Crippen LogP contribution >= 0.6 is 0 Å². The lowest BCUT2D eigenvalue weighted by atomic mass is 9.92. The maximum absolute atomic E-state index is 5.62. The van der Waals surface area contributed by atoms with Crippen LogP contribution in [0.3, 0.4) is 0 Å².